The van der Waals surface area contributed by atoms with Crippen molar-refractivity contribution < 1.29 is 13.8 Å². The average molecular weight is 328 g/mol. The third-order valence-electron chi connectivity index (χ3n) is 5.00. The maximum Gasteiger partial charge on any atom is 0.235 e. The molecule has 0 bridgehead atoms. The lowest BCUT2D eigenvalue weighted by Gasteiger charge is -2.35. The number of hydrogen-bond acceptors (Lipinski definition) is 3. The van der Waals surface area contributed by atoms with Gasteiger partial charge in [0.05, 0.1) is 0 Å². The van der Waals surface area contributed by atoms with E-state index in [4.69, 9.17) is 0 Å². The van der Waals surface area contributed by atoms with E-state index < -0.39 is 10.8 Å². The molecule has 1 aliphatic carbocycles. The standard InChI is InChI=1S/C16H28N2O3S/c1-13(19)17-8-10-18(11-9-17)15(20)12-22(21)14-4-6-16(2,3)7-5-14/h14H,4-12H2,1-3H3. The predicted octanol–water partition coefficient (Wildman–Crippen LogP) is 1.39. The molecule has 1 aliphatic heterocycles. The molecule has 2 fully saturated rings. The van der Waals surface area contributed by atoms with E-state index in [9.17, 15) is 13.8 Å². The van der Waals surface area contributed by atoms with Gasteiger partial charge in [0.25, 0.3) is 0 Å². The van der Waals surface area contributed by atoms with Crippen molar-refractivity contribution in [1.82, 2.24) is 9.80 Å². The van der Waals surface area contributed by atoms with Crippen molar-refractivity contribution in [3.8, 4) is 0 Å². The van der Waals surface area contributed by atoms with E-state index in [1.807, 2.05) is 0 Å². The molecule has 1 atom stereocenters. The molecule has 22 heavy (non-hydrogen) atoms. The van der Waals surface area contributed by atoms with Gasteiger partial charge in [-0.25, -0.2) is 0 Å². The highest BCUT2D eigenvalue weighted by Crippen LogP contribution is 2.36. The second kappa shape index (κ2) is 7.11. The normalized spacial score (nSPS) is 24.1. The van der Waals surface area contributed by atoms with Gasteiger partial charge >= 0.3 is 0 Å². The summed E-state index contributed by atoms with van der Waals surface area (Å²) in [5, 5.41) is 0.176. The second-order valence-electron chi connectivity index (χ2n) is 7.28. The van der Waals surface area contributed by atoms with Gasteiger partial charge in [-0.05, 0) is 31.1 Å². The number of rotatable bonds is 3. The smallest absolute Gasteiger partial charge is 0.235 e. The summed E-state index contributed by atoms with van der Waals surface area (Å²) >= 11 is 0. The van der Waals surface area contributed by atoms with Crippen LogP contribution in [0.15, 0.2) is 0 Å². The first kappa shape index (κ1) is 17.4. The molecule has 0 N–H and O–H groups in total. The monoisotopic (exact) mass is 328 g/mol. The van der Waals surface area contributed by atoms with E-state index >= 15 is 0 Å². The van der Waals surface area contributed by atoms with Crippen molar-refractivity contribution in [2.45, 2.75) is 51.7 Å². The largest absolute Gasteiger partial charge is 0.339 e. The minimum atomic E-state index is -1.06. The third kappa shape index (κ3) is 4.54. The van der Waals surface area contributed by atoms with Crippen LogP contribution in [0.4, 0.5) is 0 Å². The van der Waals surface area contributed by atoms with Gasteiger partial charge in [-0.1, -0.05) is 13.8 Å². The van der Waals surface area contributed by atoms with Crippen LogP contribution < -0.4 is 0 Å². The zero-order valence-corrected chi connectivity index (χ0v) is 14.8. The quantitative estimate of drug-likeness (QED) is 0.787. The molecular formula is C16H28N2O3S. The van der Waals surface area contributed by atoms with Crippen LogP contribution in [0, 0.1) is 5.41 Å². The lowest BCUT2D eigenvalue weighted by atomic mass is 9.77. The Morgan fingerprint density at radius 2 is 1.55 bits per heavy atom. The van der Waals surface area contributed by atoms with Crippen LogP contribution in [0.25, 0.3) is 0 Å². The molecule has 0 aromatic rings. The van der Waals surface area contributed by atoms with Crippen LogP contribution in [0.2, 0.25) is 0 Å². The van der Waals surface area contributed by atoms with Crippen LogP contribution in [0.1, 0.15) is 46.5 Å². The topological polar surface area (TPSA) is 57.7 Å². The van der Waals surface area contributed by atoms with Gasteiger partial charge in [-0.2, -0.15) is 0 Å². The molecule has 2 amide bonds. The summed E-state index contributed by atoms with van der Waals surface area (Å²) in [6, 6.07) is 0. The summed E-state index contributed by atoms with van der Waals surface area (Å²) < 4.78 is 12.4. The van der Waals surface area contributed by atoms with Crippen LogP contribution >= 0.6 is 0 Å². The number of piperazine rings is 1. The summed E-state index contributed by atoms with van der Waals surface area (Å²) in [6.45, 7) is 8.37. The van der Waals surface area contributed by atoms with Crippen molar-refractivity contribution in [2.24, 2.45) is 5.41 Å². The first-order valence-corrected chi connectivity index (χ1v) is 9.57. The fourth-order valence-corrected chi connectivity index (χ4v) is 4.66. The molecule has 0 aromatic heterocycles. The van der Waals surface area contributed by atoms with Crippen LogP contribution in [0.3, 0.4) is 0 Å². The van der Waals surface area contributed by atoms with Crippen LogP contribution in [0.5, 0.6) is 0 Å². The molecule has 5 nitrogen and oxygen atoms in total. The Morgan fingerprint density at radius 1 is 1.05 bits per heavy atom. The predicted molar refractivity (Wildman–Crippen MR) is 87.9 cm³/mol. The lowest BCUT2D eigenvalue weighted by Crippen LogP contribution is -2.51. The first-order chi connectivity index (χ1) is 10.3. The molecule has 1 saturated carbocycles. The fourth-order valence-electron chi connectivity index (χ4n) is 3.24. The van der Waals surface area contributed by atoms with Crippen molar-refractivity contribution in [3.05, 3.63) is 0 Å². The highest BCUT2D eigenvalue weighted by atomic mass is 32.2. The van der Waals surface area contributed by atoms with E-state index in [2.05, 4.69) is 13.8 Å². The van der Waals surface area contributed by atoms with Crippen molar-refractivity contribution in [2.75, 3.05) is 31.9 Å². The molecule has 1 unspecified atom stereocenters. The highest BCUT2D eigenvalue weighted by molar-refractivity contribution is 7.86. The van der Waals surface area contributed by atoms with Crippen molar-refractivity contribution in [1.29, 1.82) is 0 Å². The van der Waals surface area contributed by atoms with Crippen molar-refractivity contribution in [3.63, 3.8) is 0 Å². The number of carbonyl (C=O) groups is 2. The molecule has 0 radical (unpaired) electrons. The lowest BCUT2D eigenvalue weighted by molar-refractivity contribution is -0.136. The maximum absolute atomic E-state index is 12.4. The minimum absolute atomic E-state index is 0.0219. The Labute approximate surface area is 135 Å². The number of hydrogen-bond donors (Lipinski definition) is 0. The first-order valence-electron chi connectivity index (χ1n) is 8.19. The van der Waals surface area contributed by atoms with E-state index in [-0.39, 0.29) is 22.8 Å². The van der Waals surface area contributed by atoms with Gasteiger partial charge in [0.2, 0.25) is 11.8 Å². The van der Waals surface area contributed by atoms with E-state index in [1.54, 1.807) is 16.7 Å². The Hall–Kier alpha value is -0.910. The molecule has 126 valence electrons. The Kier molecular flexibility index (Phi) is 5.64. The SMILES string of the molecule is CC(=O)N1CCN(C(=O)CS(=O)C2CCC(C)(C)CC2)CC1. The Balaban J connectivity index is 1.78. The van der Waals surface area contributed by atoms with Crippen LogP contribution in [-0.2, 0) is 20.4 Å². The van der Waals surface area contributed by atoms with Gasteiger partial charge in [0.1, 0.15) is 5.75 Å². The Morgan fingerprint density at radius 3 is 2.05 bits per heavy atom. The molecule has 6 heteroatoms. The molecule has 0 spiro atoms. The fraction of sp³-hybridized carbons (Fsp3) is 0.875. The van der Waals surface area contributed by atoms with E-state index in [0.717, 1.165) is 25.7 Å². The maximum atomic E-state index is 12.4. The van der Waals surface area contributed by atoms with Gasteiger partial charge in [-0.15, -0.1) is 0 Å². The van der Waals surface area contributed by atoms with Crippen molar-refractivity contribution >= 4 is 22.6 Å². The molecule has 2 aliphatic rings. The summed E-state index contributed by atoms with van der Waals surface area (Å²) in [5.41, 5.74) is 0.355. The minimum Gasteiger partial charge on any atom is -0.339 e. The van der Waals surface area contributed by atoms with Gasteiger partial charge in [-0.3, -0.25) is 13.8 Å². The number of carbonyl (C=O) groups excluding carboxylic acids is 2. The van der Waals surface area contributed by atoms with Crippen LogP contribution in [-0.4, -0.2) is 63.0 Å². The number of amides is 2. The average Bonchev–Trinajstić information content (AvgIpc) is 2.47. The van der Waals surface area contributed by atoms with E-state index in [0.29, 0.717) is 31.6 Å². The summed E-state index contributed by atoms with van der Waals surface area (Å²) in [5.74, 6) is 0.178. The summed E-state index contributed by atoms with van der Waals surface area (Å²) in [4.78, 5) is 27.1. The second-order valence-corrected chi connectivity index (χ2v) is 8.99. The molecule has 2 rings (SSSR count). The third-order valence-corrected chi connectivity index (χ3v) is 6.75. The summed E-state index contributed by atoms with van der Waals surface area (Å²) in [7, 11) is -1.06. The van der Waals surface area contributed by atoms with Gasteiger partial charge < -0.3 is 9.80 Å². The molecular weight excluding hydrogens is 300 g/mol. The molecule has 1 heterocycles. The van der Waals surface area contributed by atoms with Gasteiger partial charge in [0, 0.05) is 49.2 Å². The van der Waals surface area contributed by atoms with Gasteiger partial charge in [0.15, 0.2) is 0 Å². The zero-order valence-electron chi connectivity index (χ0n) is 14.0. The summed E-state index contributed by atoms with van der Waals surface area (Å²) in [6.07, 6.45) is 4.11. The molecule has 0 aromatic carbocycles. The van der Waals surface area contributed by atoms with E-state index in [1.165, 1.54) is 0 Å². The zero-order chi connectivity index (χ0) is 16.3. The highest BCUT2D eigenvalue weighted by Gasteiger charge is 2.31. The Bertz CT molecular complexity index is 446. The molecule has 1 saturated heterocycles. The number of nitrogens with zero attached hydrogens (tertiary/aromatic N) is 2.